The quantitative estimate of drug-likeness (QED) is 0.899. The van der Waals surface area contributed by atoms with Crippen molar-refractivity contribution in [2.45, 2.75) is 18.9 Å². The second-order valence-corrected chi connectivity index (χ2v) is 5.33. The SMILES string of the molecule is Brc1cncnc1NC1CCSCC1. The van der Waals surface area contributed by atoms with Gasteiger partial charge in [0.2, 0.25) is 0 Å². The van der Waals surface area contributed by atoms with E-state index in [1.807, 2.05) is 11.8 Å². The largest absolute Gasteiger partial charge is 0.366 e. The molecule has 0 aliphatic carbocycles. The van der Waals surface area contributed by atoms with Gasteiger partial charge in [0.15, 0.2) is 0 Å². The molecule has 0 atom stereocenters. The van der Waals surface area contributed by atoms with Crippen molar-refractivity contribution in [1.29, 1.82) is 0 Å². The third-order valence-electron chi connectivity index (χ3n) is 2.23. The molecule has 2 rings (SSSR count). The maximum absolute atomic E-state index is 4.20. The fourth-order valence-electron chi connectivity index (χ4n) is 1.45. The van der Waals surface area contributed by atoms with Crippen molar-refractivity contribution >= 4 is 33.5 Å². The van der Waals surface area contributed by atoms with Crippen molar-refractivity contribution in [3.63, 3.8) is 0 Å². The summed E-state index contributed by atoms with van der Waals surface area (Å²) < 4.78 is 0.943. The number of halogens is 1. The summed E-state index contributed by atoms with van der Waals surface area (Å²) in [6, 6.07) is 0.572. The van der Waals surface area contributed by atoms with Crippen LogP contribution in [0.2, 0.25) is 0 Å². The summed E-state index contributed by atoms with van der Waals surface area (Å²) in [7, 11) is 0. The Morgan fingerprint density at radius 2 is 2.21 bits per heavy atom. The molecule has 5 heteroatoms. The summed E-state index contributed by atoms with van der Waals surface area (Å²) in [6.07, 6.45) is 5.79. The molecule has 1 fully saturated rings. The molecule has 1 N–H and O–H groups in total. The molecule has 0 bridgehead atoms. The van der Waals surface area contributed by atoms with Gasteiger partial charge in [-0.2, -0.15) is 11.8 Å². The van der Waals surface area contributed by atoms with Gasteiger partial charge in [0, 0.05) is 12.2 Å². The normalized spacial score (nSPS) is 18.1. The van der Waals surface area contributed by atoms with Crippen LogP contribution in [0.4, 0.5) is 5.82 Å². The first kappa shape index (κ1) is 10.2. The molecule has 0 spiro atoms. The van der Waals surface area contributed by atoms with Crippen LogP contribution in [0.25, 0.3) is 0 Å². The highest BCUT2D eigenvalue weighted by Crippen LogP contribution is 2.23. The minimum atomic E-state index is 0.572. The molecule has 0 aromatic carbocycles. The topological polar surface area (TPSA) is 37.8 Å². The van der Waals surface area contributed by atoms with Gasteiger partial charge in [-0.3, -0.25) is 0 Å². The van der Waals surface area contributed by atoms with Crippen LogP contribution in [0, 0.1) is 0 Å². The zero-order chi connectivity index (χ0) is 9.80. The van der Waals surface area contributed by atoms with Crippen molar-refractivity contribution in [1.82, 2.24) is 9.97 Å². The fourth-order valence-corrected chi connectivity index (χ4v) is 2.90. The van der Waals surface area contributed by atoms with E-state index in [1.165, 1.54) is 24.3 Å². The van der Waals surface area contributed by atoms with Gasteiger partial charge in [-0.25, -0.2) is 9.97 Å². The maximum atomic E-state index is 4.20. The van der Waals surface area contributed by atoms with E-state index in [0.29, 0.717) is 6.04 Å². The second kappa shape index (κ2) is 4.98. The molecule has 1 aliphatic rings. The Hall–Kier alpha value is -0.290. The lowest BCUT2D eigenvalue weighted by Gasteiger charge is -2.23. The first-order valence-electron chi connectivity index (χ1n) is 4.66. The Bertz CT molecular complexity index is 302. The predicted molar refractivity (Wildman–Crippen MR) is 63.7 cm³/mol. The number of thioether (sulfide) groups is 1. The van der Waals surface area contributed by atoms with Crippen molar-refractivity contribution in [3.05, 3.63) is 17.0 Å². The Labute approximate surface area is 96.2 Å². The van der Waals surface area contributed by atoms with Crippen LogP contribution in [0.5, 0.6) is 0 Å². The third-order valence-corrected chi connectivity index (χ3v) is 3.86. The van der Waals surface area contributed by atoms with E-state index < -0.39 is 0 Å². The van der Waals surface area contributed by atoms with Gasteiger partial charge in [-0.15, -0.1) is 0 Å². The lowest BCUT2D eigenvalue weighted by Crippen LogP contribution is -2.25. The molecule has 0 radical (unpaired) electrons. The van der Waals surface area contributed by atoms with E-state index >= 15 is 0 Å². The van der Waals surface area contributed by atoms with Gasteiger partial charge in [0.05, 0.1) is 4.47 Å². The van der Waals surface area contributed by atoms with Gasteiger partial charge in [-0.05, 0) is 40.3 Å². The highest BCUT2D eigenvalue weighted by atomic mass is 79.9. The predicted octanol–water partition coefficient (Wildman–Crippen LogP) is 2.55. The summed E-state index contributed by atoms with van der Waals surface area (Å²) in [5.41, 5.74) is 0. The molecule has 76 valence electrons. The molecule has 2 heterocycles. The van der Waals surface area contributed by atoms with E-state index in [9.17, 15) is 0 Å². The van der Waals surface area contributed by atoms with Gasteiger partial charge in [0.1, 0.15) is 12.1 Å². The highest BCUT2D eigenvalue weighted by molar-refractivity contribution is 9.10. The molecule has 0 saturated carbocycles. The van der Waals surface area contributed by atoms with Crippen molar-refractivity contribution in [2.24, 2.45) is 0 Å². The standard InChI is InChI=1S/C9H12BrN3S/c10-8-5-11-6-12-9(8)13-7-1-3-14-4-2-7/h5-7H,1-4H2,(H,11,12,13). The number of rotatable bonds is 2. The minimum absolute atomic E-state index is 0.572. The van der Waals surface area contributed by atoms with E-state index in [4.69, 9.17) is 0 Å². The molecular formula is C9H12BrN3S. The summed E-state index contributed by atoms with van der Waals surface area (Å²) in [5, 5.41) is 3.44. The molecule has 3 nitrogen and oxygen atoms in total. The molecule has 1 saturated heterocycles. The van der Waals surface area contributed by atoms with Gasteiger partial charge < -0.3 is 5.32 Å². The van der Waals surface area contributed by atoms with E-state index in [0.717, 1.165) is 10.3 Å². The van der Waals surface area contributed by atoms with E-state index in [-0.39, 0.29) is 0 Å². The minimum Gasteiger partial charge on any atom is -0.366 e. The molecule has 1 aliphatic heterocycles. The van der Waals surface area contributed by atoms with Crippen LogP contribution in [-0.2, 0) is 0 Å². The number of hydrogen-bond donors (Lipinski definition) is 1. The van der Waals surface area contributed by atoms with Crippen LogP contribution >= 0.6 is 27.7 Å². The summed E-state index contributed by atoms with van der Waals surface area (Å²) in [4.78, 5) is 8.13. The smallest absolute Gasteiger partial charge is 0.143 e. The average molecular weight is 274 g/mol. The molecule has 1 aromatic rings. The van der Waals surface area contributed by atoms with Crippen LogP contribution in [0.15, 0.2) is 17.0 Å². The maximum Gasteiger partial charge on any atom is 0.143 e. The van der Waals surface area contributed by atoms with Crippen molar-refractivity contribution < 1.29 is 0 Å². The second-order valence-electron chi connectivity index (χ2n) is 3.25. The van der Waals surface area contributed by atoms with Gasteiger partial charge in [-0.1, -0.05) is 0 Å². The molecule has 1 aromatic heterocycles. The Morgan fingerprint density at radius 3 is 2.93 bits per heavy atom. The summed E-state index contributed by atoms with van der Waals surface area (Å²) >= 11 is 5.46. The Balaban J connectivity index is 1.99. The highest BCUT2D eigenvalue weighted by Gasteiger charge is 2.14. The van der Waals surface area contributed by atoms with Crippen molar-refractivity contribution in [2.75, 3.05) is 16.8 Å². The molecule has 0 amide bonds. The summed E-state index contributed by atoms with van der Waals surface area (Å²) in [5.74, 6) is 3.41. The lowest BCUT2D eigenvalue weighted by molar-refractivity contribution is 0.663. The van der Waals surface area contributed by atoms with Gasteiger partial charge in [0.25, 0.3) is 0 Å². The van der Waals surface area contributed by atoms with E-state index in [1.54, 1.807) is 12.5 Å². The Kier molecular flexibility index (Phi) is 3.64. The average Bonchev–Trinajstić information content (AvgIpc) is 2.23. The van der Waals surface area contributed by atoms with Crippen molar-refractivity contribution in [3.8, 4) is 0 Å². The number of aromatic nitrogens is 2. The zero-order valence-corrected chi connectivity index (χ0v) is 10.1. The molecule has 14 heavy (non-hydrogen) atoms. The van der Waals surface area contributed by atoms with Gasteiger partial charge >= 0.3 is 0 Å². The number of hydrogen-bond acceptors (Lipinski definition) is 4. The van der Waals surface area contributed by atoms with Crippen LogP contribution in [0.3, 0.4) is 0 Å². The first-order chi connectivity index (χ1) is 6.86. The molecular weight excluding hydrogens is 262 g/mol. The number of anilines is 1. The summed E-state index contributed by atoms with van der Waals surface area (Å²) in [6.45, 7) is 0. The number of nitrogens with zero attached hydrogens (tertiary/aromatic N) is 2. The monoisotopic (exact) mass is 273 g/mol. The number of nitrogens with one attached hydrogen (secondary N) is 1. The lowest BCUT2D eigenvalue weighted by atomic mass is 10.1. The Morgan fingerprint density at radius 1 is 1.43 bits per heavy atom. The zero-order valence-electron chi connectivity index (χ0n) is 7.74. The van der Waals surface area contributed by atoms with Crippen LogP contribution in [0.1, 0.15) is 12.8 Å². The fraction of sp³-hybridized carbons (Fsp3) is 0.556. The first-order valence-corrected chi connectivity index (χ1v) is 6.61. The molecule has 0 unspecified atom stereocenters. The van der Waals surface area contributed by atoms with Crippen LogP contribution < -0.4 is 5.32 Å². The van der Waals surface area contributed by atoms with Crippen LogP contribution in [-0.4, -0.2) is 27.5 Å². The van der Waals surface area contributed by atoms with E-state index in [2.05, 4.69) is 31.2 Å². The third kappa shape index (κ3) is 2.60.